The molecule has 3 aliphatic heterocycles. The van der Waals surface area contributed by atoms with Gasteiger partial charge in [0.05, 0.1) is 19.1 Å². The van der Waals surface area contributed by atoms with Gasteiger partial charge in [-0.1, -0.05) is 72.8 Å². The molecule has 10 nitrogen and oxygen atoms in total. The molecule has 1 fully saturated rings. The van der Waals surface area contributed by atoms with Gasteiger partial charge >= 0.3 is 0 Å². The van der Waals surface area contributed by atoms with Gasteiger partial charge in [-0.2, -0.15) is 0 Å². The fourth-order valence-electron chi connectivity index (χ4n) is 6.40. The number of hydrogen-bond acceptors (Lipinski definition) is 10. The Morgan fingerprint density at radius 3 is 2.10 bits per heavy atom. The number of ether oxygens (including phenoxy) is 2. The van der Waals surface area contributed by atoms with E-state index in [1.807, 2.05) is 84.9 Å². The lowest BCUT2D eigenvalue weighted by atomic mass is 9.60. The van der Waals surface area contributed by atoms with E-state index >= 15 is 0 Å². The average molecular weight is 556 g/mol. The SMILES string of the molecule is COc1ccc(C(c2ccccc2)(c2ccccc2)C2(N)N=CN=C3C2=NCN3[C@]2(C)O[C@H](CO)[C@@H](O)[C@H]2O)cc1. The Morgan fingerprint density at radius 1 is 0.976 bits per heavy atom. The highest BCUT2D eigenvalue weighted by Gasteiger charge is 2.62. The second kappa shape index (κ2) is 10.2. The number of aliphatic hydroxyl groups is 3. The van der Waals surface area contributed by atoms with Crippen molar-refractivity contribution in [2.45, 2.75) is 42.0 Å². The summed E-state index contributed by atoms with van der Waals surface area (Å²) in [7, 11) is 1.62. The van der Waals surface area contributed by atoms with E-state index in [-0.39, 0.29) is 6.67 Å². The Bertz CT molecular complexity index is 1460. The summed E-state index contributed by atoms with van der Waals surface area (Å²) in [6.45, 7) is 1.25. The number of nitrogens with two attached hydrogens (primary N) is 1. The summed E-state index contributed by atoms with van der Waals surface area (Å²) in [6, 6.07) is 27.6. The number of benzene rings is 3. The van der Waals surface area contributed by atoms with Crippen molar-refractivity contribution in [2.75, 3.05) is 20.4 Å². The predicted molar refractivity (Wildman–Crippen MR) is 155 cm³/mol. The Kier molecular flexibility index (Phi) is 6.75. The standard InChI is InChI=1S/C31H33N5O5/c1-29(27(39)25(38)24(17-37)41-29)36-19-34-26-28(36)33-18-35-31(26,32)30(20-9-5-3-6-10-20,21-11-7-4-8-12-21)22-13-15-23(40-2)16-14-22/h3-16,18,24-25,27,37-39H,17,19,32H2,1-2H3/t24-,25-,27-,29-,31?/m1/s1. The van der Waals surface area contributed by atoms with E-state index in [9.17, 15) is 15.3 Å². The third-order valence-electron chi connectivity index (χ3n) is 8.51. The highest BCUT2D eigenvalue weighted by molar-refractivity contribution is 6.48. The van der Waals surface area contributed by atoms with E-state index in [1.165, 1.54) is 6.34 Å². The maximum atomic E-state index is 11.0. The maximum Gasteiger partial charge on any atom is 0.173 e. The summed E-state index contributed by atoms with van der Waals surface area (Å²) in [6.07, 6.45) is -2.17. The first-order chi connectivity index (χ1) is 19.8. The van der Waals surface area contributed by atoms with E-state index < -0.39 is 41.7 Å². The third kappa shape index (κ3) is 3.87. The summed E-state index contributed by atoms with van der Waals surface area (Å²) in [5.74, 6) is 1.07. The molecule has 5 atom stereocenters. The van der Waals surface area contributed by atoms with Crippen molar-refractivity contribution in [1.29, 1.82) is 0 Å². The Balaban J connectivity index is 1.56. The normalized spacial score (nSPS) is 29.2. The molecule has 6 rings (SSSR count). The first-order valence-corrected chi connectivity index (χ1v) is 13.4. The molecule has 10 heteroatoms. The second-order valence-electron chi connectivity index (χ2n) is 10.6. The molecule has 0 aromatic heterocycles. The smallest absolute Gasteiger partial charge is 0.173 e. The molecule has 0 bridgehead atoms. The molecule has 3 aliphatic rings. The van der Waals surface area contributed by atoms with Crippen LogP contribution >= 0.6 is 0 Å². The molecule has 212 valence electrons. The van der Waals surface area contributed by atoms with Gasteiger partial charge in [-0.15, -0.1) is 0 Å². The van der Waals surface area contributed by atoms with Crippen LogP contribution in [0.3, 0.4) is 0 Å². The second-order valence-corrected chi connectivity index (χ2v) is 10.6. The van der Waals surface area contributed by atoms with E-state index in [2.05, 4.69) is 4.99 Å². The lowest BCUT2D eigenvalue weighted by molar-refractivity contribution is -0.147. The van der Waals surface area contributed by atoms with Crippen molar-refractivity contribution in [2.24, 2.45) is 20.7 Å². The largest absolute Gasteiger partial charge is 0.497 e. The quantitative estimate of drug-likeness (QED) is 0.325. The van der Waals surface area contributed by atoms with Crippen molar-refractivity contribution >= 4 is 17.9 Å². The van der Waals surface area contributed by atoms with Crippen LogP contribution < -0.4 is 10.5 Å². The first-order valence-electron chi connectivity index (χ1n) is 13.4. The Labute approximate surface area is 238 Å². The Morgan fingerprint density at radius 2 is 1.56 bits per heavy atom. The van der Waals surface area contributed by atoms with Crippen LogP contribution in [0, 0.1) is 0 Å². The van der Waals surface area contributed by atoms with E-state index in [0.717, 1.165) is 16.7 Å². The molecule has 41 heavy (non-hydrogen) atoms. The van der Waals surface area contributed by atoms with Crippen LogP contribution in [0.25, 0.3) is 0 Å². The number of amidine groups is 1. The zero-order chi connectivity index (χ0) is 28.8. The minimum Gasteiger partial charge on any atom is -0.497 e. The van der Waals surface area contributed by atoms with Gasteiger partial charge in [0, 0.05) is 0 Å². The third-order valence-corrected chi connectivity index (χ3v) is 8.51. The topological polar surface area (TPSA) is 145 Å². The van der Waals surface area contributed by atoms with Gasteiger partial charge in [0.15, 0.2) is 17.2 Å². The first kappa shape index (κ1) is 27.3. The van der Waals surface area contributed by atoms with E-state index in [1.54, 1.807) is 18.9 Å². The summed E-state index contributed by atoms with van der Waals surface area (Å²) in [5.41, 5.74) is 6.57. The van der Waals surface area contributed by atoms with Crippen molar-refractivity contribution < 1.29 is 24.8 Å². The molecule has 3 heterocycles. The minimum absolute atomic E-state index is 0.0528. The molecule has 1 unspecified atom stereocenters. The van der Waals surface area contributed by atoms with Crippen LogP contribution in [0.2, 0.25) is 0 Å². The molecular formula is C31H33N5O5. The molecular weight excluding hydrogens is 522 g/mol. The highest BCUT2D eigenvalue weighted by Crippen LogP contribution is 2.50. The number of fused-ring (bicyclic) bond motifs is 1. The van der Waals surface area contributed by atoms with Crippen LogP contribution in [0.1, 0.15) is 23.6 Å². The van der Waals surface area contributed by atoms with Gasteiger partial charge < -0.3 is 35.4 Å². The van der Waals surface area contributed by atoms with Crippen LogP contribution in [-0.2, 0) is 10.2 Å². The summed E-state index contributed by atoms with van der Waals surface area (Å²) in [4.78, 5) is 16.0. The number of rotatable bonds is 7. The van der Waals surface area contributed by atoms with Crippen molar-refractivity contribution in [3.63, 3.8) is 0 Å². The summed E-state index contributed by atoms with van der Waals surface area (Å²) >= 11 is 0. The van der Waals surface area contributed by atoms with E-state index in [4.69, 9.17) is 25.2 Å². The van der Waals surface area contributed by atoms with Gasteiger partial charge in [0.2, 0.25) is 0 Å². The molecule has 5 N–H and O–H groups in total. The zero-order valence-corrected chi connectivity index (χ0v) is 22.8. The molecule has 0 amide bonds. The van der Waals surface area contributed by atoms with Crippen LogP contribution in [0.4, 0.5) is 0 Å². The highest BCUT2D eigenvalue weighted by atomic mass is 16.6. The van der Waals surface area contributed by atoms with E-state index in [0.29, 0.717) is 17.3 Å². The van der Waals surface area contributed by atoms with Crippen molar-refractivity contribution in [1.82, 2.24) is 4.90 Å². The van der Waals surface area contributed by atoms with Crippen LogP contribution in [0.15, 0.2) is 99.9 Å². The molecule has 0 aliphatic carbocycles. The number of aliphatic hydroxyl groups excluding tert-OH is 3. The van der Waals surface area contributed by atoms with Gasteiger partial charge in [-0.3, -0.25) is 4.99 Å². The predicted octanol–water partition coefficient (Wildman–Crippen LogP) is 1.67. The van der Waals surface area contributed by atoms with Crippen LogP contribution in [-0.4, -0.2) is 88.2 Å². The number of nitrogens with zero attached hydrogens (tertiary/aromatic N) is 4. The fourth-order valence-corrected chi connectivity index (χ4v) is 6.40. The fraction of sp³-hybridized carbons (Fsp3) is 0.323. The molecule has 3 aromatic carbocycles. The summed E-state index contributed by atoms with van der Waals surface area (Å²) in [5, 5.41) is 31.3. The molecule has 0 spiro atoms. The average Bonchev–Trinajstić information content (AvgIpc) is 3.56. The van der Waals surface area contributed by atoms with Crippen LogP contribution in [0.5, 0.6) is 5.75 Å². The van der Waals surface area contributed by atoms with Crippen molar-refractivity contribution in [3.05, 3.63) is 102 Å². The van der Waals surface area contributed by atoms with Gasteiger partial charge in [0.25, 0.3) is 0 Å². The molecule has 0 radical (unpaired) electrons. The molecule has 1 saturated heterocycles. The maximum absolute atomic E-state index is 11.0. The summed E-state index contributed by atoms with van der Waals surface area (Å²) < 4.78 is 11.5. The van der Waals surface area contributed by atoms with Gasteiger partial charge in [-0.05, 0) is 35.7 Å². The number of hydrogen-bond donors (Lipinski definition) is 4. The van der Waals surface area contributed by atoms with Gasteiger partial charge in [-0.25, -0.2) is 9.98 Å². The number of aliphatic imine (C=N–C) groups is 3. The molecule has 3 aromatic rings. The van der Waals surface area contributed by atoms with Crippen molar-refractivity contribution in [3.8, 4) is 5.75 Å². The lowest BCUT2D eigenvalue weighted by Crippen LogP contribution is -2.67. The molecule has 0 saturated carbocycles. The Hall–Kier alpha value is -3.93. The minimum atomic E-state index is -1.51. The lowest BCUT2D eigenvalue weighted by Gasteiger charge is -2.48. The zero-order valence-electron chi connectivity index (χ0n) is 22.8. The van der Waals surface area contributed by atoms with Gasteiger partial charge in [0.1, 0.15) is 42.8 Å². The number of methoxy groups -OCH3 is 1. The monoisotopic (exact) mass is 555 g/mol.